The van der Waals surface area contributed by atoms with E-state index in [9.17, 15) is 19.2 Å². The van der Waals surface area contributed by atoms with Gasteiger partial charge in [-0.3, -0.25) is 9.80 Å². The molecule has 0 unspecified atom stereocenters. The molecule has 180 valence electrons. The van der Waals surface area contributed by atoms with Crippen molar-refractivity contribution in [3.05, 3.63) is 0 Å². The third kappa shape index (κ3) is 12.5. The van der Waals surface area contributed by atoms with Crippen LogP contribution in [0.15, 0.2) is 0 Å². The van der Waals surface area contributed by atoms with Crippen molar-refractivity contribution in [3.63, 3.8) is 0 Å². The molecule has 3 atom stereocenters. The molecule has 8 nitrogen and oxygen atoms in total. The minimum atomic E-state index is -0.900. The van der Waals surface area contributed by atoms with Gasteiger partial charge in [0.25, 0.3) is 5.91 Å². The van der Waals surface area contributed by atoms with Crippen LogP contribution in [0, 0.1) is 17.8 Å². The van der Waals surface area contributed by atoms with Crippen LogP contribution in [0.2, 0.25) is 0 Å². The van der Waals surface area contributed by atoms with Crippen molar-refractivity contribution in [1.82, 2.24) is 15.8 Å². The molecule has 0 aromatic carbocycles. The first kappa shape index (κ1) is 29.0. The summed E-state index contributed by atoms with van der Waals surface area (Å²) >= 11 is 0. The Morgan fingerprint density at radius 3 is 1.77 bits per heavy atom. The maximum atomic E-state index is 13.5. The van der Waals surface area contributed by atoms with E-state index in [1.807, 2.05) is 41.5 Å². The van der Waals surface area contributed by atoms with Crippen molar-refractivity contribution in [2.24, 2.45) is 17.8 Å². The van der Waals surface area contributed by atoms with Gasteiger partial charge >= 0.3 is 6.09 Å². The number of hydrogen-bond acceptors (Lipinski definition) is 6. The Labute approximate surface area is 187 Å². The van der Waals surface area contributed by atoms with Crippen molar-refractivity contribution in [3.8, 4) is 0 Å². The summed E-state index contributed by atoms with van der Waals surface area (Å²) < 4.78 is 5.32. The van der Waals surface area contributed by atoms with Crippen LogP contribution in [-0.4, -0.2) is 53.3 Å². The van der Waals surface area contributed by atoms with Gasteiger partial charge < -0.3 is 19.6 Å². The number of hydrogen-bond donors (Lipinski definition) is 2. The van der Waals surface area contributed by atoms with Crippen LogP contribution in [0.1, 0.15) is 81.6 Å². The summed E-state index contributed by atoms with van der Waals surface area (Å²) in [4.78, 5) is 49.4. The maximum absolute atomic E-state index is 13.5. The lowest BCUT2D eigenvalue weighted by atomic mass is 10.00. The number of rotatable bonds is 13. The second-order valence-electron chi connectivity index (χ2n) is 10.4. The molecular weight excluding hydrogens is 398 g/mol. The highest BCUT2D eigenvalue weighted by Crippen LogP contribution is 2.16. The van der Waals surface area contributed by atoms with Gasteiger partial charge in [0.15, 0.2) is 0 Å². The molecule has 8 heteroatoms. The van der Waals surface area contributed by atoms with Gasteiger partial charge in [0.05, 0.1) is 6.04 Å². The van der Waals surface area contributed by atoms with E-state index in [0.717, 1.165) is 6.29 Å². The van der Waals surface area contributed by atoms with Crippen molar-refractivity contribution in [1.29, 1.82) is 0 Å². The van der Waals surface area contributed by atoms with Crippen LogP contribution in [0.25, 0.3) is 0 Å². The fraction of sp³-hybridized carbons (Fsp3) is 0.826. The lowest BCUT2D eigenvalue weighted by molar-refractivity contribution is -0.144. The lowest BCUT2D eigenvalue weighted by Gasteiger charge is -2.35. The van der Waals surface area contributed by atoms with Crippen LogP contribution >= 0.6 is 0 Å². The van der Waals surface area contributed by atoms with E-state index in [1.165, 1.54) is 5.01 Å². The summed E-state index contributed by atoms with van der Waals surface area (Å²) in [5.74, 6) is -0.00353. The number of nitrogens with one attached hydrogen (secondary N) is 2. The number of carbonyl (C=O) groups is 4. The Morgan fingerprint density at radius 1 is 0.871 bits per heavy atom. The van der Waals surface area contributed by atoms with Gasteiger partial charge in [-0.05, 0) is 57.8 Å². The first-order valence-corrected chi connectivity index (χ1v) is 11.2. The van der Waals surface area contributed by atoms with Gasteiger partial charge in [0, 0.05) is 0 Å². The number of alkyl carbamates (subject to hydrolysis) is 1. The van der Waals surface area contributed by atoms with E-state index in [-0.39, 0.29) is 17.8 Å². The van der Waals surface area contributed by atoms with Crippen molar-refractivity contribution < 1.29 is 23.9 Å². The fourth-order valence-corrected chi connectivity index (χ4v) is 3.16. The van der Waals surface area contributed by atoms with Crippen LogP contribution < -0.4 is 10.7 Å². The second kappa shape index (κ2) is 13.5. The Bertz CT molecular complexity index is 584. The van der Waals surface area contributed by atoms with E-state index in [1.54, 1.807) is 20.8 Å². The Balaban J connectivity index is 5.89. The molecule has 0 aromatic rings. The van der Waals surface area contributed by atoms with Crippen LogP contribution in [0.4, 0.5) is 4.79 Å². The molecule has 0 radical (unpaired) electrons. The zero-order valence-electron chi connectivity index (χ0n) is 20.7. The van der Waals surface area contributed by atoms with Crippen LogP contribution in [0.5, 0.6) is 0 Å². The molecule has 0 aliphatic carbocycles. The number of nitrogens with zero attached hydrogens (tertiary/aromatic N) is 1. The number of aldehydes is 2. The number of ether oxygens (including phenoxy) is 1. The van der Waals surface area contributed by atoms with Crippen molar-refractivity contribution in [2.75, 3.05) is 0 Å². The Kier molecular flexibility index (Phi) is 12.6. The van der Waals surface area contributed by atoms with E-state index >= 15 is 0 Å². The summed E-state index contributed by atoms with van der Waals surface area (Å²) in [5.41, 5.74) is 2.25. The number of carbonyl (C=O) groups excluding carboxylic acids is 4. The smallest absolute Gasteiger partial charge is 0.408 e. The first-order chi connectivity index (χ1) is 14.2. The zero-order chi connectivity index (χ0) is 24.4. The van der Waals surface area contributed by atoms with Gasteiger partial charge in [-0.25, -0.2) is 10.2 Å². The Hall–Kier alpha value is -1.96. The number of hydrazine groups is 1. The average molecular weight is 442 g/mol. The minimum absolute atomic E-state index is 0.100. The molecule has 2 amide bonds. The van der Waals surface area contributed by atoms with Crippen molar-refractivity contribution in [2.45, 2.75) is 105 Å². The van der Waals surface area contributed by atoms with Gasteiger partial charge in [-0.1, -0.05) is 41.5 Å². The van der Waals surface area contributed by atoms with Crippen LogP contribution in [-0.2, 0) is 19.1 Å². The fourth-order valence-electron chi connectivity index (χ4n) is 3.16. The average Bonchev–Trinajstić information content (AvgIpc) is 2.59. The highest BCUT2D eigenvalue weighted by atomic mass is 16.6. The lowest BCUT2D eigenvalue weighted by Crippen LogP contribution is -2.60. The zero-order valence-corrected chi connectivity index (χ0v) is 20.7. The summed E-state index contributed by atoms with van der Waals surface area (Å²) in [6.45, 7) is 17.0. The molecule has 0 aromatic heterocycles. The molecular formula is C23H43N3O5. The molecule has 0 saturated heterocycles. The van der Waals surface area contributed by atoms with Gasteiger partial charge in [-0.15, -0.1) is 0 Å². The standard InChI is InChI=1S/C23H43N3O5/c1-15(2)10-18(13-27)25-26(19(14-28)11-16(3)4)21(29)20(12-17(5)6)24-22(30)31-23(7,8)9/h13-20,25H,10-12H2,1-9H3,(H,24,30)/t18-,19-,20-/m0/s1. The quantitative estimate of drug-likeness (QED) is 0.335. The molecule has 0 bridgehead atoms. The SMILES string of the molecule is CC(C)C[C@@H](C=O)NN(C(=O)[C@H](CC(C)C)NC(=O)OC(C)(C)C)[C@H](C=O)CC(C)C. The highest BCUT2D eigenvalue weighted by molar-refractivity contribution is 5.87. The molecule has 2 N–H and O–H groups in total. The van der Waals surface area contributed by atoms with Gasteiger partial charge in [-0.2, -0.15) is 0 Å². The van der Waals surface area contributed by atoms with E-state index in [2.05, 4.69) is 10.7 Å². The molecule has 0 aliphatic rings. The van der Waals surface area contributed by atoms with E-state index in [0.29, 0.717) is 25.5 Å². The molecule has 0 heterocycles. The highest BCUT2D eigenvalue weighted by Gasteiger charge is 2.34. The monoisotopic (exact) mass is 441 g/mol. The van der Waals surface area contributed by atoms with Gasteiger partial charge in [0.2, 0.25) is 0 Å². The summed E-state index contributed by atoms with van der Waals surface area (Å²) in [6.07, 6.45) is 2.05. The molecule has 0 fully saturated rings. The predicted molar refractivity (Wildman–Crippen MR) is 121 cm³/mol. The third-order valence-electron chi connectivity index (χ3n) is 4.33. The summed E-state index contributed by atoms with van der Waals surface area (Å²) in [5, 5.41) is 3.89. The first-order valence-electron chi connectivity index (χ1n) is 11.2. The largest absolute Gasteiger partial charge is 0.444 e. The predicted octanol–water partition coefficient (Wildman–Crippen LogP) is 3.49. The van der Waals surface area contributed by atoms with Crippen molar-refractivity contribution >= 4 is 24.6 Å². The molecule has 0 aliphatic heterocycles. The van der Waals surface area contributed by atoms with Crippen LogP contribution in [0.3, 0.4) is 0 Å². The summed E-state index contributed by atoms with van der Waals surface area (Å²) in [6, 6.07) is -2.29. The Morgan fingerprint density at radius 2 is 1.39 bits per heavy atom. The molecule has 0 rings (SSSR count). The third-order valence-corrected chi connectivity index (χ3v) is 4.33. The van der Waals surface area contributed by atoms with E-state index < -0.39 is 35.7 Å². The molecule has 31 heavy (non-hydrogen) atoms. The molecule has 0 spiro atoms. The second-order valence-corrected chi connectivity index (χ2v) is 10.4. The van der Waals surface area contributed by atoms with Gasteiger partial charge in [0.1, 0.15) is 30.3 Å². The maximum Gasteiger partial charge on any atom is 0.408 e. The molecule has 0 saturated carbocycles. The van der Waals surface area contributed by atoms with E-state index in [4.69, 9.17) is 4.74 Å². The topological polar surface area (TPSA) is 105 Å². The minimum Gasteiger partial charge on any atom is -0.444 e. The number of amides is 2. The summed E-state index contributed by atoms with van der Waals surface area (Å²) in [7, 11) is 0. The normalized spacial score (nSPS) is 14.8.